The minimum absolute atomic E-state index is 0.499. The lowest BCUT2D eigenvalue weighted by Gasteiger charge is -2.32. The summed E-state index contributed by atoms with van der Waals surface area (Å²) in [5, 5.41) is 0. The molecule has 1 aromatic carbocycles. The van der Waals surface area contributed by atoms with Gasteiger partial charge in [-0.2, -0.15) is 0 Å². The van der Waals surface area contributed by atoms with Gasteiger partial charge in [0.2, 0.25) is 0 Å². The number of hydrogen-bond donors (Lipinski definition) is 0. The van der Waals surface area contributed by atoms with Crippen molar-refractivity contribution in [3.05, 3.63) is 48.3 Å². The zero-order valence-corrected chi connectivity index (χ0v) is 20.7. The van der Waals surface area contributed by atoms with Crippen LogP contribution in [-0.2, 0) is 6.42 Å². The maximum Gasteiger partial charge on any atom is 0.105 e. The highest BCUT2D eigenvalue weighted by Crippen LogP contribution is 2.21. The Morgan fingerprint density at radius 1 is 0.581 bits per heavy atom. The molecule has 2 rings (SSSR count). The van der Waals surface area contributed by atoms with Crippen molar-refractivity contribution in [2.75, 3.05) is 13.1 Å². The maximum absolute atomic E-state index is 2.57. The lowest BCUT2D eigenvalue weighted by molar-refractivity contribution is 0.155. The van der Waals surface area contributed by atoms with Crippen molar-refractivity contribution in [3.63, 3.8) is 0 Å². The van der Waals surface area contributed by atoms with Crippen molar-refractivity contribution in [1.82, 2.24) is 9.80 Å². The van der Waals surface area contributed by atoms with Gasteiger partial charge in [0.05, 0.1) is 0 Å². The highest BCUT2D eigenvalue weighted by atomic mass is 15.4. The summed E-state index contributed by atoms with van der Waals surface area (Å²) in [6, 6.07) is 11.0. The van der Waals surface area contributed by atoms with E-state index in [0.29, 0.717) is 6.17 Å². The summed E-state index contributed by atoms with van der Waals surface area (Å²) < 4.78 is 0. The van der Waals surface area contributed by atoms with E-state index >= 15 is 0 Å². The molecule has 176 valence electrons. The van der Waals surface area contributed by atoms with Crippen LogP contribution in [0.4, 0.5) is 0 Å². The van der Waals surface area contributed by atoms with Crippen LogP contribution in [0.3, 0.4) is 0 Å². The molecule has 0 saturated carbocycles. The third-order valence-corrected chi connectivity index (χ3v) is 6.86. The van der Waals surface area contributed by atoms with Crippen molar-refractivity contribution in [1.29, 1.82) is 0 Å². The highest BCUT2D eigenvalue weighted by molar-refractivity contribution is 5.17. The first-order valence-electron chi connectivity index (χ1n) is 13.6. The topological polar surface area (TPSA) is 6.48 Å². The van der Waals surface area contributed by atoms with E-state index in [-0.39, 0.29) is 0 Å². The number of likely N-dealkylation sites (N-methyl/N-ethyl adjacent to an activating group) is 1. The molecule has 0 amide bonds. The first-order chi connectivity index (χ1) is 15.3. The lowest BCUT2D eigenvalue weighted by atomic mass is 10.0. The van der Waals surface area contributed by atoms with Crippen LogP contribution >= 0.6 is 0 Å². The molecule has 0 spiro atoms. The summed E-state index contributed by atoms with van der Waals surface area (Å²) in [4.78, 5) is 5.05. The number of unbranched alkanes of at least 4 members (excludes halogenated alkanes) is 14. The molecule has 0 bridgehead atoms. The Bertz CT molecular complexity index is 553. The van der Waals surface area contributed by atoms with Crippen molar-refractivity contribution in [3.8, 4) is 0 Å². The number of benzene rings is 1. The number of rotatable bonds is 19. The third-order valence-electron chi connectivity index (χ3n) is 6.86. The summed E-state index contributed by atoms with van der Waals surface area (Å²) in [5.74, 6) is 0. The van der Waals surface area contributed by atoms with E-state index in [1.807, 2.05) is 0 Å². The predicted octanol–water partition coefficient (Wildman–Crippen LogP) is 8.54. The highest BCUT2D eigenvalue weighted by Gasteiger charge is 2.24. The Hall–Kier alpha value is -1.44. The van der Waals surface area contributed by atoms with Crippen LogP contribution in [0.5, 0.6) is 0 Å². The molecule has 1 heterocycles. The van der Waals surface area contributed by atoms with Gasteiger partial charge in [-0.25, -0.2) is 0 Å². The molecule has 1 aromatic rings. The Balaban J connectivity index is 1.45. The van der Waals surface area contributed by atoms with E-state index in [9.17, 15) is 0 Å². The largest absolute Gasteiger partial charge is 0.356 e. The first-order valence-corrected chi connectivity index (χ1v) is 13.6. The fraction of sp³-hybridized carbons (Fsp3) is 0.724. The van der Waals surface area contributed by atoms with Crippen LogP contribution in [0.2, 0.25) is 0 Å². The predicted molar refractivity (Wildman–Crippen MR) is 137 cm³/mol. The molecule has 1 unspecified atom stereocenters. The van der Waals surface area contributed by atoms with Crippen LogP contribution in [0.25, 0.3) is 0 Å². The second-order valence-electron chi connectivity index (χ2n) is 9.49. The Morgan fingerprint density at radius 2 is 1.06 bits per heavy atom. The van der Waals surface area contributed by atoms with E-state index in [1.165, 1.54) is 108 Å². The summed E-state index contributed by atoms with van der Waals surface area (Å²) in [6.45, 7) is 6.85. The van der Waals surface area contributed by atoms with Gasteiger partial charge in [-0.05, 0) is 18.9 Å². The Morgan fingerprint density at radius 3 is 1.58 bits per heavy atom. The maximum atomic E-state index is 2.57. The number of hydrogen-bond acceptors (Lipinski definition) is 2. The fourth-order valence-electron chi connectivity index (χ4n) is 4.83. The zero-order chi connectivity index (χ0) is 22.0. The second-order valence-corrected chi connectivity index (χ2v) is 9.49. The van der Waals surface area contributed by atoms with Crippen LogP contribution in [-0.4, -0.2) is 29.1 Å². The Kier molecular flexibility index (Phi) is 14.3. The van der Waals surface area contributed by atoms with Gasteiger partial charge in [-0.1, -0.05) is 127 Å². The molecule has 2 nitrogen and oxygen atoms in total. The molecular formula is C29H50N2. The van der Waals surface area contributed by atoms with E-state index in [2.05, 4.69) is 66.4 Å². The fourth-order valence-corrected chi connectivity index (χ4v) is 4.83. The van der Waals surface area contributed by atoms with Gasteiger partial charge >= 0.3 is 0 Å². The molecule has 1 aliphatic rings. The van der Waals surface area contributed by atoms with Crippen LogP contribution in [0.15, 0.2) is 42.7 Å². The molecule has 1 atom stereocenters. The monoisotopic (exact) mass is 426 g/mol. The Labute approximate surface area is 194 Å². The zero-order valence-electron chi connectivity index (χ0n) is 20.7. The van der Waals surface area contributed by atoms with Crippen LogP contribution < -0.4 is 0 Å². The van der Waals surface area contributed by atoms with Gasteiger partial charge in [0.15, 0.2) is 0 Å². The minimum atomic E-state index is 0.499. The van der Waals surface area contributed by atoms with Gasteiger partial charge in [-0.3, -0.25) is 0 Å². The molecule has 0 fully saturated rings. The molecule has 0 aromatic heterocycles. The van der Waals surface area contributed by atoms with Crippen molar-refractivity contribution >= 4 is 0 Å². The molecule has 0 radical (unpaired) electrons. The quantitative estimate of drug-likeness (QED) is 0.204. The van der Waals surface area contributed by atoms with E-state index in [1.54, 1.807) is 0 Å². The standard InChI is InChI=1S/C29H50N2/c1-3-5-6-7-8-9-10-11-12-13-14-15-16-17-21-24-31-26-25-30(4-2)29(31)27-28-22-19-18-20-23-28/h18-20,22-23,25-26,29H,3-17,21,24,27H2,1-2H3. The third kappa shape index (κ3) is 11.1. The number of nitrogens with zero attached hydrogens (tertiary/aromatic N) is 2. The van der Waals surface area contributed by atoms with E-state index < -0.39 is 0 Å². The van der Waals surface area contributed by atoms with Gasteiger partial charge in [0.1, 0.15) is 6.17 Å². The molecule has 1 aliphatic heterocycles. The molecule has 0 N–H and O–H groups in total. The average molecular weight is 427 g/mol. The molecule has 2 heteroatoms. The van der Waals surface area contributed by atoms with E-state index in [4.69, 9.17) is 0 Å². The van der Waals surface area contributed by atoms with E-state index in [0.717, 1.165) is 13.0 Å². The average Bonchev–Trinajstić information content (AvgIpc) is 3.18. The molecule has 0 saturated heterocycles. The van der Waals surface area contributed by atoms with Crippen LogP contribution in [0.1, 0.15) is 116 Å². The smallest absolute Gasteiger partial charge is 0.105 e. The van der Waals surface area contributed by atoms with Gasteiger partial charge in [0, 0.05) is 31.9 Å². The second kappa shape index (κ2) is 17.2. The lowest BCUT2D eigenvalue weighted by Crippen LogP contribution is -2.40. The van der Waals surface area contributed by atoms with Gasteiger partial charge in [0.25, 0.3) is 0 Å². The molecule has 0 aliphatic carbocycles. The molecule has 31 heavy (non-hydrogen) atoms. The summed E-state index contributed by atoms with van der Waals surface area (Å²) in [7, 11) is 0. The summed E-state index contributed by atoms with van der Waals surface area (Å²) in [6.07, 6.45) is 27.7. The van der Waals surface area contributed by atoms with Crippen molar-refractivity contribution in [2.24, 2.45) is 0 Å². The normalized spacial score (nSPS) is 15.9. The first kappa shape index (κ1) is 25.8. The summed E-state index contributed by atoms with van der Waals surface area (Å²) in [5.41, 5.74) is 1.44. The SMILES string of the molecule is CCCCCCCCCCCCCCCCCN1C=CN(CC)C1Cc1ccccc1. The van der Waals surface area contributed by atoms with Gasteiger partial charge < -0.3 is 9.80 Å². The molecular weight excluding hydrogens is 376 g/mol. The van der Waals surface area contributed by atoms with Crippen molar-refractivity contribution in [2.45, 2.75) is 123 Å². The summed E-state index contributed by atoms with van der Waals surface area (Å²) >= 11 is 0. The van der Waals surface area contributed by atoms with Gasteiger partial charge in [-0.15, -0.1) is 0 Å². The van der Waals surface area contributed by atoms with Crippen molar-refractivity contribution < 1.29 is 0 Å². The minimum Gasteiger partial charge on any atom is -0.356 e. The van der Waals surface area contributed by atoms with Crippen LogP contribution in [0, 0.1) is 0 Å².